The topological polar surface area (TPSA) is 78.9 Å². The van der Waals surface area contributed by atoms with Crippen molar-refractivity contribution in [3.8, 4) is 0 Å². The van der Waals surface area contributed by atoms with E-state index in [-0.39, 0.29) is 0 Å². The highest BCUT2D eigenvalue weighted by atomic mass is 35.5. The number of carbonyl (C=O) groups excluding carboxylic acids is 1. The molecular weight excluding hydrogens is 292 g/mol. The van der Waals surface area contributed by atoms with E-state index in [2.05, 4.69) is 4.72 Å². The second-order valence-electron chi connectivity index (χ2n) is 3.96. The number of benzene rings is 1. The molecule has 19 heavy (non-hydrogen) atoms. The summed E-state index contributed by atoms with van der Waals surface area (Å²) in [6, 6.07) is 4.80. The first-order valence-electron chi connectivity index (χ1n) is 5.62. The highest BCUT2D eigenvalue weighted by Gasteiger charge is 2.18. The third-order valence-corrected chi connectivity index (χ3v) is 3.38. The van der Waals surface area contributed by atoms with E-state index in [1.807, 2.05) is 4.90 Å². The van der Waals surface area contributed by atoms with Gasteiger partial charge >= 0.3 is 0 Å². The summed E-state index contributed by atoms with van der Waals surface area (Å²) in [6.45, 7) is 2.54. The number of hydrogen-bond acceptors (Lipinski definition) is 4. The van der Waals surface area contributed by atoms with Crippen molar-refractivity contribution < 1.29 is 18.3 Å². The largest absolute Gasteiger partial charge is 0.378 e. The molecule has 0 spiro atoms. The molecule has 1 aromatic carbocycles. The van der Waals surface area contributed by atoms with Gasteiger partial charge in [-0.1, -0.05) is 0 Å². The van der Waals surface area contributed by atoms with Gasteiger partial charge in [0, 0.05) is 24.5 Å². The van der Waals surface area contributed by atoms with Gasteiger partial charge in [-0.15, -0.1) is 0 Å². The Morgan fingerprint density at radius 1 is 1.42 bits per heavy atom. The molecule has 1 aliphatic rings. The van der Waals surface area contributed by atoms with E-state index in [4.69, 9.17) is 20.9 Å². The Labute approximate surface area is 118 Å². The molecule has 2 rings (SSSR count). The van der Waals surface area contributed by atoms with Crippen LogP contribution in [-0.4, -0.2) is 40.3 Å². The normalized spacial score (nSPS) is 17.1. The average molecular weight is 305 g/mol. The zero-order valence-electron chi connectivity index (χ0n) is 9.97. The number of carbonyl (C=O) groups is 1. The molecule has 1 saturated heterocycles. The van der Waals surface area contributed by atoms with E-state index >= 15 is 0 Å². The highest BCUT2D eigenvalue weighted by molar-refractivity contribution is 7.80. The molecule has 0 saturated carbocycles. The Balaban J connectivity index is 2.31. The van der Waals surface area contributed by atoms with Crippen molar-refractivity contribution in [2.75, 3.05) is 35.9 Å². The van der Waals surface area contributed by atoms with Crippen molar-refractivity contribution in [1.82, 2.24) is 0 Å². The van der Waals surface area contributed by atoms with Crippen LogP contribution in [0.1, 0.15) is 10.4 Å². The zero-order chi connectivity index (χ0) is 13.8. The molecular formula is C11H13ClN2O4S. The fourth-order valence-corrected chi connectivity index (χ4v) is 2.42. The zero-order valence-corrected chi connectivity index (χ0v) is 11.5. The van der Waals surface area contributed by atoms with E-state index in [0.717, 1.165) is 0 Å². The molecule has 1 fully saturated rings. The number of nitrogens with one attached hydrogen (secondary N) is 1. The molecule has 0 aliphatic carbocycles. The van der Waals surface area contributed by atoms with Crippen LogP contribution in [0.4, 0.5) is 11.4 Å². The summed E-state index contributed by atoms with van der Waals surface area (Å²) in [5.74, 6) is 0. The first kappa shape index (κ1) is 14.3. The van der Waals surface area contributed by atoms with Gasteiger partial charge in [0.2, 0.25) is 0 Å². The summed E-state index contributed by atoms with van der Waals surface area (Å²) < 4.78 is 27.0. The molecule has 1 aromatic rings. The van der Waals surface area contributed by atoms with Gasteiger partial charge < -0.3 is 9.64 Å². The number of ether oxygens (including phenoxy) is 1. The van der Waals surface area contributed by atoms with Gasteiger partial charge in [0.05, 0.1) is 18.8 Å². The standard InChI is InChI=1S/C11H13ClN2O4S/c12-11(15)9-7-8(13-19(16)17)1-2-10(9)14-3-5-18-6-4-14/h1-2,7,13H,3-6H2,(H,16,17). The predicted octanol–water partition coefficient (Wildman–Crippen LogP) is 1.45. The van der Waals surface area contributed by atoms with Crippen molar-refractivity contribution in [3.63, 3.8) is 0 Å². The van der Waals surface area contributed by atoms with Gasteiger partial charge in [0.1, 0.15) is 0 Å². The molecule has 0 bridgehead atoms. The van der Waals surface area contributed by atoms with Crippen LogP contribution >= 0.6 is 11.6 Å². The maximum Gasteiger partial charge on any atom is 0.259 e. The molecule has 0 radical (unpaired) electrons. The average Bonchev–Trinajstić information content (AvgIpc) is 2.39. The van der Waals surface area contributed by atoms with Gasteiger partial charge in [0.25, 0.3) is 16.5 Å². The van der Waals surface area contributed by atoms with Gasteiger partial charge in [-0.3, -0.25) is 14.1 Å². The lowest BCUT2D eigenvalue weighted by molar-refractivity contribution is 0.107. The molecule has 8 heteroatoms. The fourth-order valence-electron chi connectivity index (χ4n) is 1.94. The van der Waals surface area contributed by atoms with E-state index < -0.39 is 16.5 Å². The van der Waals surface area contributed by atoms with Gasteiger partial charge in [-0.2, -0.15) is 0 Å². The Hall–Kier alpha value is -1.15. The molecule has 0 aromatic heterocycles. The maximum absolute atomic E-state index is 11.5. The molecule has 0 amide bonds. The van der Waals surface area contributed by atoms with Crippen LogP contribution in [-0.2, 0) is 16.0 Å². The van der Waals surface area contributed by atoms with Crippen LogP contribution in [0.5, 0.6) is 0 Å². The van der Waals surface area contributed by atoms with E-state index in [1.54, 1.807) is 12.1 Å². The number of morpholine rings is 1. The van der Waals surface area contributed by atoms with Gasteiger partial charge in [-0.25, -0.2) is 4.21 Å². The molecule has 1 heterocycles. The summed E-state index contributed by atoms with van der Waals surface area (Å²) in [5, 5.41) is -0.603. The smallest absolute Gasteiger partial charge is 0.259 e. The lowest BCUT2D eigenvalue weighted by Gasteiger charge is -2.30. The molecule has 104 valence electrons. The van der Waals surface area contributed by atoms with Gasteiger partial charge in [-0.05, 0) is 29.8 Å². The van der Waals surface area contributed by atoms with Crippen molar-refractivity contribution in [1.29, 1.82) is 0 Å². The Morgan fingerprint density at radius 3 is 2.68 bits per heavy atom. The fraction of sp³-hybridized carbons (Fsp3) is 0.364. The molecule has 2 N–H and O–H groups in total. The highest BCUT2D eigenvalue weighted by Crippen LogP contribution is 2.26. The number of nitrogens with zero attached hydrogens (tertiary/aromatic N) is 1. The number of anilines is 2. The summed E-state index contributed by atoms with van der Waals surface area (Å²) in [6.07, 6.45) is 0. The lowest BCUT2D eigenvalue weighted by Crippen LogP contribution is -2.37. The van der Waals surface area contributed by atoms with E-state index in [9.17, 15) is 9.00 Å². The number of rotatable bonds is 4. The summed E-state index contributed by atoms with van der Waals surface area (Å²) in [4.78, 5) is 13.5. The third kappa shape index (κ3) is 3.66. The van der Waals surface area contributed by atoms with Gasteiger partial charge in [0.15, 0.2) is 0 Å². The van der Waals surface area contributed by atoms with E-state index in [0.29, 0.717) is 43.2 Å². The van der Waals surface area contributed by atoms with Crippen LogP contribution in [0.3, 0.4) is 0 Å². The quantitative estimate of drug-likeness (QED) is 0.650. The maximum atomic E-state index is 11.5. The molecule has 1 unspecified atom stereocenters. The molecule has 6 nitrogen and oxygen atoms in total. The number of hydrogen-bond donors (Lipinski definition) is 2. The SMILES string of the molecule is O=C(Cl)c1cc(NS(=O)O)ccc1N1CCOCC1. The van der Waals surface area contributed by atoms with Crippen molar-refractivity contribution in [2.24, 2.45) is 0 Å². The molecule has 1 aliphatic heterocycles. The first-order valence-corrected chi connectivity index (χ1v) is 7.10. The Morgan fingerprint density at radius 2 is 2.11 bits per heavy atom. The second-order valence-corrected chi connectivity index (χ2v) is 5.00. The predicted molar refractivity (Wildman–Crippen MR) is 74.1 cm³/mol. The lowest BCUT2D eigenvalue weighted by atomic mass is 10.1. The number of halogens is 1. The molecule has 1 atom stereocenters. The van der Waals surface area contributed by atoms with Crippen LogP contribution in [0.15, 0.2) is 18.2 Å². The van der Waals surface area contributed by atoms with Crippen LogP contribution in [0.2, 0.25) is 0 Å². The second kappa shape index (κ2) is 6.33. The van der Waals surface area contributed by atoms with E-state index in [1.165, 1.54) is 6.07 Å². The third-order valence-electron chi connectivity index (χ3n) is 2.77. The minimum atomic E-state index is -2.19. The first-order chi connectivity index (χ1) is 9.08. The minimum Gasteiger partial charge on any atom is -0.378 e. The van der Waals surface area contributed by atoms with Crippen molar-refractivity contribution in [3.05, 3.63) is 23.8 Å². The monoisotopic (exact) mass is 304 g/mol. The summed E-state index contributed by atoms with van der Waals surface area (Å²) in [7, 11) is 0. The Bertz CT molecular complexity index is 505. The minimum absolute atomic E-state index is 0.305. The van der Waals surface area contributed by atoms with Crippen molar-refractivity contribution in [2.45, 2.75) is 0 Å². The summed E-state index contributed by atoms with van der Waals surface area (Å²) >= 11 is 3.39. The van der Waals surface area contributed by atoms with Crippen LogP contribution < -0.4 is 9.62 Å². The Kier molecular flexibility index (Phi) is 4.76. The summed E-state index contributed by atoms with van der Waals surface area (Å²) in [5.41, 5.74) is 1.37. The van der Waals surface area contributed by atoms with Crippen LogP contribution in [0.25, 0.3) is 0 Å². The van der Waals surface area contributed by atoms with Crippen molar-refractivity contribution >= 4 is 39.5 Å². The van der Waals surface area contributed by atoms with Crippen LogP contribution in [0, 0.1) is 0 Å².